The van der Waals surface area contributed by atoms with Crippen molar-refractivity contribution >= 4 is 37.6 Å². The van der Waals surface area contributed by atoms with E-state index in [-0.39, 0.29) is 5.41 Å². The molecule has 0 N–H and O–H groups in total. The minimum atomic E-state index is 0.0527. The van der Waals surface area contributed by atoms with Gasteiger partial charge in [0.25, 0.3) is 0 Å². The summed E-state index contributed by atoms with van der Waals surface area (Å²) in [5.74, 6) is 0. The molecule has 0 spiro atoms. The zero-order chi connectivity index (χ0) is 21.3. The Kier molecular flexibility index (Phi) is 6.23. The van der Waals surface area contributed by atoms with Gasteiger partial charge < -0.3 is 5.53 Å². The summed E-state index contributed by atoms with van der Waals surface area (Å²) in [5, 5.41) is 0. The van der Waals surface area contributed by atoms with Crippen LogP contribution in [0, 0.1) is 13.8 Å². The van der Waals surface area contributed by atoms with Crippen molar-refractivity contribution in [2.24, 2.45) is 0 Å². The molecule has 0 aliphatic heterocycles. The predicted molar refractivity (Wildman–Crippen MR) is 127 cm³/mol. The minimum absolute atomic E-state index is 0.0527. The Labute approximate surface area is 189 Å². The van der Waals surface area contributed by atoms with E-state index < -0.39 is 0 Å². The highest BCUT2D eigenvalue weighted by molar-refractivity contribution is 9.11. The van der Waals surface area contributed by atoms with Gasteiger partial charge in [0, 0.05) is 26.9 Å². The molecule has 0 atom stereocenters. The number of hydrogen-bond donors (Lipinski definition) is 0. The van der Waals surface area contributed by atoms with Crippen LogP contribution in [0.1, 0.15) is 48.6 Å². The zero-order valence-corrected chi connectivity index (χ0v) is 20.4. The molecular weight excluding hydrogens is 490 g/mol. The van der Waals surface area contributed by atoms with Gasteiger partial charge in [-0.2, -0.15) is 4.79 Å². The van der Waals surface area contributed by atoms with Crippen LogP contribution in [0.25, 0.3) is 16.7 Å². The van der Waals surface area contributed by atoms with Crippen molar-refractivity contribution in [3.63, 3.8) is 0 Å². The molecule has 3 nitrogen and oxygen atoms in total. The third kappa shape index (κ3) is 4.42. The van der Waals surface area contributed by atoms with E-state index in [1.807, 2.05) is 30.5 Å². The third-order valence-corrected chi connectivity index (χ3v) is 6.26. The number of pyridine rings is 1. The lowest BCUT2D eigenvalue weighted by atomic mass is 9.82. The molecule has 2 aromatic carbocycles. The Morgan fingerprint density at radius 3 is 1.97 bits per heavy atom. The maximum absolute atomic E-state index is 9.98. The average Bonchev–Trinajstić information content (AvgIpc) is 2.65. The van der Waals surface area contributed by atoms with Gasteiger partial charge in [0.2, 0.25) is 0 Å². The molecule has 0 unspecified atom stereocenters. The lowest BCUT2D eigenvalue weighted by Gasteiger charge is -2.21. The smallest absolute Gasteiger partial charge is 0.332 e. The molecule has 0 bridgehead atoms. The predicted octanol–water partition coefficient (Wildman–Crippen LogP) is 7.26. The summed E-state index contributed by atoms with van der Waals surface area (Å²) in [6.07, 6.45) is 3.58. The van der Waals surface area contributed by atoms with Gasteiger partial charge in [-0.3, -0.25) is 4.98 Å². The van der Waals surface area contributed by atoms with Crippen molar-refractivity contribution < 1.29 is 4.79 Å². The van der Waals surface area contributed by atoms with E-state index in [1.165, 1.54) is 5.56 Å². The number of rotatable bonds is 3. The van der Waals surface area contributed by atoms with Gasteiger partial charge in [-0.15, -0.1) is 0 Å². The lowest BCUT2D eigenvalue weighted by molar-refractivity contribution is -0.00298. The molecule has 0 fully saturated rings. The molecule has 1 aromatic heterocycles. The number of benzene rings is 2. The lowest BCUT2D eigenvalue weighted by Crippen LogP contribution is -2.16. The number of aryl methyl sites for hydroxylation is 2. The van der Waals surface area contributed by atoms with E-state index in [0.29, 0.717) is 5.71 Å². The van der Waals surface area contributed by atoms with Crippen LogP contribution in [0.5, 0.6) is 0 Å². The highest BCUT2D eigenvalue weighted by Gasteiger charge is 2.27. The fraction of sp³-hybridized carbons (Fsp3) is 0.250. The van der Waals surface area contributed by atoms with Crippen LogP contribution in [0.3, 0.4) is 0 Å². The summed E-state index contributed by atoms with van der Waals surface area (Å²) in [6, 6.07) is 12.3. The van der Waals surface area contributed by atoms with Crippen molar-refractivity contribution in [2.75, 3.05) is 0 Å². The summed E-state index contributed by atoms with van der Waals surface area (Å²) in [7, 11) is 0. The second-order valence-corrected chi connectivity index (χ2v) is 9.95. The first-order valence-electron chi connectivity index (χ1n) is 9.37. The largest absolute Gasteiger partial charge is 0.361 e. The van der Waals surface area contributed by atoms with Gasteiger partial charge in [-0.05, 0) is 91.6 Å². The molecule has 1 heterocycles. The second kappa shape index (κ2) is 8.35. The van der Waals surface area contributed by atoms with E-state index in [0.717, 1.165) is 42.3 Å². The van der Waals surface area contributed by atoms with E-state index in [2.05, 4.69) is 88.4 Å². The van der Waals surface area contributed by atoms with E-state index in [9.17, 15) is 5.53 Å². The quantitative estimate of drug-likeness (QED) is 0.207. The van der Waals surface area contributed by atoms with Gasteiger partial charge in [-0.25, -0.2) is 0 Å². The van der Waals surface area contributed by atoms with Gasteiger partial charge in [0.05, 0.1) is 11.1 Å². The SMILES string of the molecule is Cc1cc(C(C)(C)C)cc(C)c1C(=[N+]=[N-])c1c(Br)cc(-c2cccnc2)cc1Br. The van der Waals surface area contributed by atoms with Crippen LogP contribution in [0.4, 0.5) is 0 Å². The Morgan fingerprint density at radius 2 is 1.52 bits per heavy atom. The molecule has 0 radical (unpaired) electrons. The van der Waals surface area contributed by atoms with Gasteiger partial charge in [0.15, 0.2) is 0 Å². The number of hydrogen-bond acceptors (Lipinski definition) is 1. The Bertz CT molecular complexity index is 1080. The summed E-state index contributed by atoms with van der Waals surface area (Å²) in [6.45, 7) is 10.7. The number of aromatic nitrogens is 1. The van der Waals surface area contributed by atoms with Crippen molar-refractivity contribution in [1.82, 2.24) is 4.98 Å². The monoisotopic (exact) mass is 511 g/mol. The van der Waals surface area contributed by atoms with E-state index in [1.54, 1.807) is 6.20 Å². The fourth-order valence-electron chi connectivity index (χ4n) is 3.49. The highest BCUT2D eigenvalue weighted by atomic mass is 79.9. The summed E-state index contributed by atoms with van der Waals surface area (Å²) in [4.78, 5) is 7.91. The van der Waals surface area contributed by atoms with E-state index in [4.69, 9.17) is 0 Å². The average molecular weight is 513 g/mol. The van der Waals surface area contributed by atoms with Gasteiger partial charge in [0.1, 0.15) is 0 Å². The summed E-state index contributed by atoms with van der Waals surface area (Å²) in [5.41, 5.74) is 17.8. The van der Waals surface area contributed by atoms with Crippen LogP contribution in [0.15, 0.2) is 57.7 Å². The molecule has 5 heteroatoms. The normalized spacial score (nSPS) is 11.3. The first kappa shape index (κ1) is 21.6. The van der Waals surface area contributed by atoms with Crippen LogP contribution in [-0.4, -0.2) is 15.5 Å². The van der Waals surface area contributed by atoms with Crippen LogP contribution < -0.4 is 0 Å². The molecule has 148 valence electrons. The molecule has 0 aliphatic rings. The highest BCUT2D eigenvalue weighted by Crippen LogP contribution is 2.35. The van der Waals surface area contributed by atoms with Crippen molar-refractivity contribution in [2.45, 2.75) is 40.0 Å². The zero-order valence-electron chi connectivity index (χ0n) is 17.2. The maximum Gasteiger partial charge on any atom is 0.332 e. The number of halogens is 2. The molecule has 0 saturated heterocycles. The fourth-order valence-corrected chi connectivity index (χ4v) is 5.06. The third-order valence-electron chi connectivity index (χ3n) is 5.01. The maximum atomic E-state index is 9.98. The summed E-state index contributed by atoms with van der Waals surface area (Å²) >= 11 is 7.37. The Hall–Kier alpha value is -2.07. The van der Waals surface area contributed by atoms with Gasteiger partial charge in [-0.1, -0.05) is 39.0 Å². The summed E-state index contributed by atoms with van der Waals surface area (Å²) < 4.78 is 1.69. The Balaban J connectivity index is 2.17. The molecule has 3 aromatic rings. The first-order chi connectivity index (χ1) is 13.6. The second-order valence-electron chi connectivity index (χ2n) is 8.24. The molecule has 0 saturated carbocycles. The molecular formula is C24H23Br2N3. The van der Waals surface area contributed by atoms with Crippen molar-refractivity contribution in [1.29, 1.82) is 0 Å². The van der Waals surface area contributed by atoms with Crippen molar-refractivity contribution in [3.05, 3.63) is 91.1 Å². The molecule has 0 aliphatic carbocycles. The number of nitrogens with zero attached hydrogens (tertiary/aromatic N) is 3. The Morgan fingerprint density at radius 1 is 0.931 bits per heavy atom. The van der Waals surface area contributed by atoms with Gasteiger partial charge >= 0.3 is 5.71 Å². The molecule has 0 amide bonds. The topological polar surface area (TPSA) is 49.3 Å². The minimum Gasteiger partial charge on any atom is -0.361 e. The van der Waals surface area contributed by atoms with Crippen LogP contribution in [0.2, 0.25) is 0 Å². The molecule has 29 heavy (non-hydrogen) atoms. The first-order valence-corrected chi connectivity index (χ1v) is 11.0. The van der Waals surface area contributed by atoms with Crippen LogP contribution >= 0.6 is 31.9 Å². The van der Waals surface area contributed by atoms with Crippen molar-refractivity contribution in [3.8, 4) is 11.1 Å². The standard InChI is InChI=1S/C24H23Br2N3/c1-14-9-18(24(3,4)5)10-15(2)21(14)23(29-27)22-19(25)11-17(12-20(22)26)16-7-6-8-28-13-16/h6-13H,1-5H3. The van der Waals surface area contributed by atoms with E-state index >= 15 is 0 Å². The molecule has 3 rings (SSSR count). The van der Waals surface area contributed by atoms with Crippen LogP contribution in [-0.2, 0) is 5.41 Å².